The average Bonchev–Trinajstić information content (AvgIpc) is 2.14. The molecule has 3 nitrogen and oxygen atoms in total. The minimum Gasteiger partial charge on any atom is -0.429 e. The molecule has 0 aliphatic rings. The van der Waals surface area contributed by atoms with Crippen LogP contribution in [0.5, 0.6) is 0 Å². The summed E-state index contributed by atoms with van der Waals surface area (Å²) in [7, 11) is 0. The van der Waals surface area contributed by atoms with Crippen molar-refractivity contribution >= 4 is 6.16 Å². The zero-order valence-corrected chi connectivity index (χ0v) is 10.2. The molecule has 0 heterocycles. The standard InChI is InChI=1S/C13H18O3/c1-10-7-5-6-8-11(10)9-15-12(14)16-13(2,3)4/h5-8H,9H2,1-4H3. The Labute approximate surface area is 96.4 Å². The summed E-state index contributed by atoms with van der Waals surface area (Å²) in [6.45, 7) is 7.65. The number of ether oxygens (including phenoxy) is 2. The molecule has 0 atom stereocenters. The molecule has 1 aromatic rings. The predicted octanol–water partition coefficient (Wildman–Crippen LogP) is 3.45. The van der Waals surface area contributed by atoms with E-state index in [2.05, 4.69) is 0 Å². The van der Waals surface area contributed by atoms with Crippen LogP contribution in [0.15, 0.2) is 24.3 Å². The van der Waals surface area contributed by atoms with Crippen LogP contribution in [0.1, 0.15) is 31.9 Å². The summed E-state index contributed by atoms with van der Waals surface area (Å²) in [4.78, 5) is 11.3. The normalized spacial score (nSPS) is 11.0. The van der Waals surface area contributed by atoms with Crippen LogP contribution in [0.2, 0.25) is 0 Å². The number of carbonyl (C=O) groups is 1. The first kappa shape index (κ1) is 12.6. The van der Waals surface area contributed by atoms with E-state index in [4.69, 9.17) is 9.47 Å². The Morgan fingerprint density at radius 3 is 2.44 bits per heavy atom. The first-order valence-electron chi connectivity index (χ1n) is 5.29. The van der Waals surface area contributed by atoms with Crippen molar-refractivity contribution in [3.05, 3.63) is 35.4 Å². The number of benzene rings is 1. The van der Waals surface area contributed by atoms with Gasteiger partial charge in [0.05, 0.1) is 0 Å². The molecule has 0 amide bonds. The van der Waals surface area contributed by atoms with E-state index in [0.29, 0.717) is 0 Å². The fraction of sp³-hybridized carbons (Fsp3) is 0.462. The Balaban J connectivity index is 2.47. The summed E-state index contributed by atoms with van der Waals surface area (Å²) >= 11 is 0. The molecule has 1 rings (SSSR count). The summed E-state index contributed by atoms with van der Waals surface area (Å²) in [6.07, 6.45) is -0.629. The highest BCUT2D eigenvalue weighted by atomic mass is 16.7. The third-order valence-electron chi connectivity index (χ3n) is 2.00. The average molecular weight is 222 g/mol. The maximum absolute atomic E-state index is 11.3. The predicted molar refractivity (Wildman–Crippen MR) is 62.2 cm³/mol. The molecule has 0 unspecified atom stereocenters. The summed E-state index contributed by atoms with van der Waals surface area (Å²) < 4.78 is 10.1. The molecule has 88 valence electrons. The van der Waals surface area contributed by atoms with Crippen LogP contribution in [-0.4, -0.2) is 11.8 Å². The van der Waals surface area contributed by atoms with Crippen molar-refractivity contribution in [3.8, 4) is 0 Å². The highest BCUT2D eigenvalue weighted by molar-refractivity contribution is 5.60. The Kier molecular flexibility index (Phi) is 3.93. The second kappa shape index (κ2) is 5.01. The van der Waals surface area contributed by atoms with E-state index >= 15 is 0 Å². The van der Waals surface area contributed by atoms with E-state index in [0.717, 1.165) is 11.1 Å². The molecule has 0 radical (unpaired) electrons. The number of hydrogen-bond donors (Lipinski definition) is 0. The van der Waals surface area contributed by atoms with Crippen molar-refractivity contribution in [2.45, 2.75) is 39.9 Å². The molecule has 0 bridgehead atoms. The molecular weight excluding hydrogens is 204 g/mol. The molecule has 0 saturated carbocycles. The van der Waals surface area contributed by atoms with Crippen molar-refractivity contribution < 1.29 is 14.3 Å². The van der Waals surface area contributed by atoms with Gasteiger partial charge in [0, 0.05) is 0 Å². The molecule has 0 spiro atoms. The second-order valence-electron chi connectivity index (χ2n) is 4.68. The molecule has 0 saturated heterocycles. The van der Waals surface area contributed by atoms with Crippen LogP contribution in [0.4, 0.5) is 4.79 Å². The Morgan fingerprint density at radius 2 is 1.88 bits per heavy atom. The number of aryl methyl sites for hydroxylation is 1. The fourth-order valence-electron chi connectivity index (χ4n) is 1.19. The quantitative estimate of drug-likeness (QED) is 0.719. The molecule has 0 N–H and O–H groups in total. The zero-order valence-electron chi connectivity index (χ0n) is 10.2. The first-order chi connectivity index (χ1) is 7.38. The lowest BCUT2D eigenvalue weighted by Crippen LogP contribution is -2.24. The smallest absolute Gasteiger partial charge is 0.429 e. The van der Waals surface area contributed by atoms with Crippen molar-refractivity contribution in [2.24, 2.45) is 0 Å². The third-order valence-corrected chi connectivity index (χ3v) is 2.00. The maximum Gasteiger partial charge on any atom is 0.509 e. The van der Waals surface area contributed by atoms with Gasteiger partial charge in [-0.15, -0.1) is 0 Å². The molecule has 0 aliphatic heterocycles. The number of hydrogen-bond acceptors (Lipinski definition) is 3. The van der Waals surface area contributed by atoms with E-state index < -0.39 is 11.8 Å². The van der Waals surface area contributed by atoms with Crippen LogP contribution in [-0.2, 0) is 16.1 Å². The Hall–Kier alpha value is -1.51. The van der Waals surface area contributed by atoms with E-state index in [-0.39, 0.29) is 6.61 Å². The maximum atomic E-state index is 11.3. The largest absolute Gasteiger partial charge is 0.509 e. The van der Waals surface area contributed by atoms with Crippen molar-refractivity contribution in [2.75, 3.05) is 0 Å². The van der Waals surface area contributed by atoms with Crippen LogP contribution in [0, 0.1) is 6.92 Å². The molecule has 0 aromatic heterocycles. The van der Waals surface area contributed by atoms with Gasteiger partial charge in [-0.2, -0.15) is 0 Å². The van der Waals surface area contributed by atoms with E-state index in [1.165, 1.54) is 0 Å². The van der Waals surface area contributed by atoms with Crippen LogP contribution in [0.25, 0.3) is 0 Å². The van der Waals surface area contributed by atoms with Gasteiger partial charge in [-0.3, -0.25) is 0 Å². The van der Waals surface area contributed by atoms with Gasteiger partial charge in [-0.1, -0.05) is 24.3 Å². The lowest BCUT2D eigenvalue weighted by molar-refractivity contribution is -0.0108. The summed E-state index contributed by atoms with van der Waals surface area (Å²) in [5, 5.41) is 0. The first-order valence-corrected chi connectivity index (χ1v) is 5.29. The lowest BCUT2D eigenvalue weighted by Gasteiger charge is -2.19. The summed E-state index contributed by atoms with van der Waals surface area (Å²) in [5.74, 6) is 0. The van der Waals surface area contributed by atoms with Crippen molar-refractivity contribution in [3.63, 3.8) is 0 Å². The molecular formula is C13H18O3. The Bertz CT molecular complexity index is 364. The van der Waals surface area contributed by atoms with E-state index in [1.54, 1.807) is 0 Å². The molecule has 3 heteroatoms. The number of rotatable bonds is 2. The molecule has 0 aliphatic carbocycles. The van der Waals surface area contributed by atoms with Crippen LogP contribution < -0.4 is 0 Å². The van der Waals surface area contributed by atoms with Crippen LogP contribution in [0.3, 0.4) is 0 Å². The zero-order chi connectivity index (χ0) is 12.2. The molecule has 0 fully saturated rings. The highest BCUT2D eigenvalue weighted by Crippen LogP contribution is 2.11. The third kappa shape index (κ3) is 4.34. The summed E-state index contributed by atoms with van der Waals surface area (Å²) in [5.41, 5.74) is 1.59. The molecule has 16 heavy (non-hydrogen) atoms. The van der Waals surface area contributed by atoms with Gasteiger partial charge < -0.3 is 9.47 Å². The van der Waals surface area contributed by atoms with Gasteiger partial charge in [0.25, 0.3) is 0 Å². The monoisotopic (exact) mass is 222 g/mol. The van der Waals surface area contributed by atoms with Gasteiger partial charge in [0.2, 0.25) is 0 Å². The van der Waals surface area contributed by atoms with Crippen LogP contribution >= 0.6 is 0 Å². The van der Waals surface area contributed by atoms with E-state index in [1.807, 2.05) is 52.0 Å². The fourth-order valence-corrected chi connectivity index (χ4v) is 1.19. The molecule has 1 aromatic carbocycles. The Morgan fingerprint density at radius 1 is 1.25 bits per heavy atom. The van der Waals surface area contributed by atoms with Gasteiger partial charge in [-0.05, 0) is 38.8 Å². The summed E-state index contributed by atoms with van der Waals surface area (Å²) in [6, 6.07) is 7.78. The van der Waals surface area contributed by atoms with Gasteiger partial charge >= 0.3 is 6.16 Å². The lowest BCUT2D eigenvalue weighted by atomic mass is 10.1. The number of carbonyl (C=O) groups excluding carboxylic acids is 1. The van der Waals surface area contributed by atoms with Gasteiger partial charge in [0.1, 0.15) is 12.2 Å². The van der Waals surface area contributed by atoms with Crippen molar-refractivity contribution in [1.82, 2.24) is 0 Å². The SMILES string of the molecule is Cc1ccccc1COC(=O)OC(C)(C)C. The van der Waals surface area contributed by atoms with E-state index in [9.17, 15) is 4.79 Å². The highest BCUT2D eigenvalue weighted by Gasteiger charge is 2.17. The topological polar surface area (TPSA) is 35.5 Å². The second-order valence-corrected chi connectivity index (χ2v) is 4.68. The van der Waals surface area contributed by atoms with Gasteiger partial charge in [0.15, 0.2) is 0 Å². The minimum absolute atomic E-state index is 0.252. The van der Waals surface area contributed by atoms with Crippen molar-refractivity contribution in [1.29, 1.82) is 0 Å². The minimum atomic E-state index is -0.629. The van der Waals surface area contributed by atoms with Gasteiger partial charge in [-0.25, -0.2) is 4.79 Å².